The van der Waals surface area contributed by atoms with Gasteiger partial charge in [0, 0.05) is 26.6 Å². The topological polar surface area (TPSA) is 56.1 Å². The van der Waals surface area contributed by atoms with Gasteiger partial charge in [0.05, 0.1) is 21.1 Å². The average molecular weight is 406 g/mol. The molecule has 2 aromatic carbocycles. The second-order valence-electron chi connectivity index (χ2n) is 6.24. The van der Waals surface area contributed by atoms with Crippen LogP contribution in [-0.4, -0.2) is 35.7 Å². The SMILES string of the molecule is COCC(=O)NCCCc1nc2ccccc2n1Cc1ccc(Cl)c(Cl)c1. The van der Waals surface area contributed by atoms with E-state index in [0.717, 1.165) is 35.3 Å². The van der Waals surface area contributed by atoms with Crippen molar-refractivity contribution < 1.29 is 9.53 Å². The van der Waals surface area contributed by atoms with Crippen molar-refractivity contribution in [2.24, 2.45) is 0 Å². The van der Waals surface area contributed by atoms with Crippen molar-refractivity contribution in [1.82, 2.24) is 14.9 Å². The molecule has 7 heteroatoms. The van der Waals surface area contributed by atoms with Crippen LogP contribution in [0, 0.1) is 0 Å². The van der Waals surface area contributed by atoms with Gasteiger partial charge in [0.1, 0.15) is 12.4 Å². The predicted octanol–water partition coefficient (Wildman–Crippen LogP) is 4.09. The lowest BCUT2D eigenvalue weighted by Crippen LogP contribution is -2.28. The molecule has 5 nitrogen and oxygen atoms in total. The van der Waals surface area contributed by atoms with E-state index in [1.807, 2.05) is 36.4 Å². The van der Waals surface area contributed by atoms with Crippen molar-refractivity contribution in [3.05, 3.63) is 63.9 Å². The number of amides is 1. The molecular weight excluding hydrogens is 385 g/mol. The van der Waals surface area contributed by atoms with Crippen LogP contribution in [0.3, 0.4) is 0 Å². The van der Waals surface area contributed by atoms with Crippen LogP contribution in [0.2, 0.25) is 10.0 Å². The van der Waals surface area contributed by atoms with Gasteiger partial charge in [-0.1, -0.05) is 41.4 Å². The van der Waals surface area contributed by atoms with Crippen molar-refractivity contribution in [3.8, 4) is 0 Å². The van der Waals surface area contributed by atoms with Crippen LogP contribution in [-0.2, 0) is 22.5 Å². The zero-order valence-corrected chi connectivity index (χ0v) is 16.6. The highest BCUT2D eigenvalue weighted by Gasteiger charge is 2.12. The van der Waals surface area contributed by atoms with E-state index in [-0.39, 0.29) is 12.5 Å². The summed E-state index contributed by atoms with van der Waals surface area (Å²) in [7, 11) is 1.50. The number of nitrogens with one attached hydrogen (secondary N) is 1. The van der Waals surface area contributed by atoms with Gasteiger partial charge < -0.3 is 14.6 Å². The Morgan fingerprint density at radius 2 is 2.00 bits per heavy atom. The number of rotatable bonds is 8. The molecule has 3 aromatic rings. The van der Waals surface area contributed by atoms with Gasteiger partial charge in [-0.2, -0.15) is 0 Å². The number of methoxy groups -OCH3 is 1. The maximum atomic E-state index is 11.5. The summed E-state index contributed by atoms with van der Waals surface area (Å²) in [5.41, 5.74) is 3.08. The molecular formula is C20H21Cl2N3O2. The van der Waals surface area contributed by atoms with Gasteiger partial charge >= 0.3 is 0 Å². The molecule has 27 heavy (non-hydrogen) atoms. The van der Waals surface area contributed by atoms with Crippen molar-refractivity contribution >= 4 is 40.1 Å². The molecule has 0 bridgehead atoms. The Morgan fingerprint density at radius 1 is 1.19 bits per heavy atom. The third kappa shape index (κ3) is 5.01. The van der Waals surface area contributed by atoms with E-state index in [0.29, 0.717) is 23.1 Å². The summed E-state index contributed by atoms with van der Waals surface area (Å²) < 4.78 is 7.00. The molecule has 1 heterocycles. The van der Waals surface area contributed by atoms with Gasteiger partial charge in [-0.05, 0) is 36.2 Å². The number of hydrogen-bond donors (Lipinski definition) is 1. The van der Waals surface area contributed by atoms with Crippen LogP contribution in [0.1, 0.15) is 17.8 Å². The Morgan fingerprint density at radius 3 is 2.78 bits per heavy atom. The number of carbonyl (C=O) groups excluding carboxylic acids is 1. The van der Waals surface area contributed by atoms with E-state index in [4.69, 9.17) is 32.9 Å². The van der Waals surface area contributed by atoms with E-state index < -0.39 is 0 Å². The largest absolute Gasteiger partial charge is 0.375 e. The first-order valence-electron chi connectivity index (χ1n) is 8.72. The molecule has 1 aromatic heterocycles. The molecule has 0 fully saturated rings. The molecule has 0 atom stereocenters. The predicted molar refractivity (Wildman–Crippen MR) is 109 cm³/mol. The molecule has 0 radical (unpaired) electrons. The molecule has 142 valence electrons. The molecule has 1 amide bonds. The van der Waals surface area contributed by atoms with Gasteiger partial charge in [0.15, 0.2) is 0 Å². The zero-order valence-electron chi connectivity index (χ0n) is 15.0. The Balaban J connectivity index is 1.77. The molecule has 0 saturated carbocycles. The maximum absolute atomic E-state index is 11.5. The van der Waals surface area contributed by atoms with E-state index in [2.05, 4.69) is 16.0 Å². The van der Waals surface area contributed by atoms with Crippen LogP contribution in [0.25, 0.3) is 11.0 Å². The summed E-state index contributed by atoms with van der Waals surface area (Å²) in [6.07, 6.45) is 1.55. The number of ether oxygens (including phenoxy) is 1. The lowest BCUT2D eigenvalue weighted by Gasteiger charge is -2.11. The quantitative estimate of drug-likeness (QED) is 0.574. The molecule has 0 spiro atoms. The Kier molecular flexibility index (Phi) is 6.72. The Hall–Kier alpha value is -2.08. The summed E-state index contributed by atoms with van der Waals surface area (Å²) in [4.78, 5) is 16.3. The number of hydrogen-bond acceptors (Lipinski definition) is 3. The summed E-state index contributed by atoms with van der Waals surface area (Å²) in [5, 5.41) is 3.92. The third-order valence-electron chi connectivity index (χ3n) is 4.23. The summed E-state index contributed by atoms with van der Waals surface area (Å²) in [6.45, 7) is 1.32. The highest BCUT2D eigenvalue weighted by Crippen LogP contribution is 2.25. The van der Waals surface area contributed by atoms with Crippen molar-refractivity contribution in [3.63, 3.8) is 0 Å². The van der Waals surface area contributed by atoms with Gasteiger partial charge in [-0.15, -0.1) is 0 Å². The average Bonchev–Trinajstić information content (AvgIpc) is 3.00. The Labute approximate surface area is 168 Å². The van der Waals surface area contributed by atoms with Crippen LogP contribution < -0.4 is 5.32 Å². The van der Waals surface area contributed by atoms with Gasteiger partial charge in [-0.3, -0.25) is 4.79 Å². The van der Waals surface area contributed by atoms with Gasteiger partial charge in [0.2, 0.25) is 5.91 Å². The number of aromatic nitrogens is 2. The second-order valence-corrected chi connectivity index (χ2v) is 7.05. The smallest absolute Gasteiger partial charge is 0.245 e. The first kappa shape index (κ1) is 19.7. The normalized spacial score (nSPS) is 11.1. The number of para-hydroxylation sites is 2. The monoisotopic (exact) mass is 405 g/mol. The first-order valence-corrected chi connectivity index (χ1v) is 9.48. The number of imidazole rings is 1. The summed E-state index contributed by atoms with van der Waals surface area (Å²) in [6, 6.07) is 13.7. The minimum absolute atomic E-state index is 0.0792. The van der Waals surface area contributed by atoms with Crippen LogP contribution in [0.4, 0.5) is 0 Å². The van der Waals surface area contributed by atoms with E-state index >= 15 is 0 Å². The standard InChI is InChI=1S/C20H21Cl2N3O2/c1-27-13-20(26)23-10-4-7-19-24-17-5-2-3-6-18(17)25(19)12-14-8-9-15(21)16(22)11-14/h2-3,5-6,8-9,11H,4,7,10,12-13H2,1H3,(H,23,26). The van der Waals surface area contributed by atoms with Crippen molar-refractivity contribution in [2.75, 3.05) is 20.3 Å². The third-order valence-corrected chi connectivity index (χ3v) is 4.97. The molecule has 0 aliphatic rings. The lowest BCUT2D eigenvalue weighted by molar-refractivity contribution is -0.124. The fraction of sp³-hybridized carbons (Fsp3) is 0.300. The fourth-order valence-electron chi connectivity index (χ4n) is 2.97. The highest BCUT2D eigenvalue weighted by atomic mass is 35.5. The molecule has 0 aliphatic carbocycles. The van der Waals surface area contributed by atoms with Gasteiger partial charge in [0.25, 0.3) is 0 Å². The fourth-order valence-corrected chi connectivity index (χ4v) is 3.29. The Bertz CT molecular complexity index is 940. The number of benzene rings is 2. The van der Waals surface area contributed by atoms with Crippen LogP contribution in [0.15, 0.2) is 42.5 Å². The van der Waals surface area contributed by atoms with Crippen LogP contribution in [0.5, 0.6) is 0 Å². The van der Waals surface area contributed by atoms with E-state index in [1.165, 1.54) is 7.11 Å². The number of aryl methyl sites for hydroxylation is 1. The van der Waals surface area contributed by atoms with Crippen molar-refractivity contribution in [2.45, 2.75) is 19.4 Å². The van der Waals surface area contributed by atoms with Crippen molar-refractivity contribution in [1.29, 1.82) is 0 Å². The van der Waals surface area contributed by atoms with E-state index in [9.17, 15) is 4.79 Å². The number of halogens is 2. The highest BCUT2D eigenvalue weighted by molar-refractivity contribution is 6.42. The molecule has 0 unspecified atom stereocenters. The minimum atomic E-state index is -0.109. The minimum Gasteiger partial charge on any atom is -0.375 e. The number of nitrogens with zero attached hydrogens (tertiary/aromatic N) is 2. The van der Waals surface area contributed by atoms with Gasteiger partial charge in [-0.25, -0.2) is 4.98 Å². The summed E-state index contributed by atoms with van der Waals surface area (Å²) in [5.74, 6) is 0.866. The first-order chi connectivity index (χ1) is 13.1. The molecule has 0 saturated heterocycles. The number of fused-ring (bicyclic) bond motifs is 1. The van der Waals surface area contributed by atoms with Crippen LogP contribution >= 0.6 is 23.2 Å². The van der Waals surface area contributed by atoms with E-state index in [1.54, 1.807) is 0 Å². The maximum Gasteiger partial charge on any atom is 0.245 e. The molecule has 3 rings (SSSR count). The molecule has 0 aliphatic heterocycles. The number of carbonyl (C=O) groups is 1. The zero-order chi connectivity index (χ0) is 19.2. The summed E-state index contributed by atoms with van der Waals surface area (Å²) >= 11 is 12.2. The molecule has 1 N–H and O–H groups in total. The lowest BCUT2D eigenvalue weighted by atomic mass is 10.2. The second kappa shape index (κ2) is 9.22.